The highest BCUT2D eigenvalue weighted by atomic mass is 16.4. The van der Waals surface area contributed by atoms with Crippen molar-refractivity contribution < 1.29 is 9.21 Å². The monoisotopic (exact) mass is 397 g/mol. The van der Waals surface area contributed by atoms with Crippen LogP contribution in [0.15, 0.2) is 83.3 Å². The smallest absolute Gasteiger partial charge is 0.251 e. The molecular weight excluding hydrogens is 374 g/mol. The molecule has 1 N–H and O–H groups in total. The first kappa shape index (κ1) is 19.6. The summed E-state index contributed by atoms with van der Waals surface area (Å²) in [6.07, 6.45) is 0. The molecule has 1 aromatic heterocycles. The third kappa shape index (κ3) is 4.30. The summed E-state index contributed by atoms with van der Waals surface area (Å²) >= 11 is 0. The molecule has 5 nitrogen and oxygen atoms in total. The predicted octanol–water partition coefficient (Wildman–Crippen LogP) is 5.25. The van der Waals surface area contributed by atoms with Gasteiger partial charge in [0.05, 0.1) is 0 Å². The first-order chi connectivity index (χ1) is 14.6. The van der Waals surface area contributed by atoms with Gasteiger partial charge in [-0.15, -0.1) is 10.2 Å². The lowest BCUT2D eigenvalue weighted by Crippen LogP contribution is -2.27. The van der Waals surface area contributed by atoms with Gasteiger partial charge < -0.3 is 9.73 Å². The van der Waals surface area contributed by atoms with Crippen LogP contribution in [0.2, 0.25) is 0 Å². The van der Waals surface area contributed by atoms with Gasteiger partial charge in [-0.2, -0.15) is 0 Å². The molecule has 1 heterocycles. The first-order valence-corrected chi connectivity index (χ1v) is 9.95. The molecule has 150 valence electrons. The van der Waals surface area contributed by atoms with Gasteiger partial charge in [-0.05, 0) is 54.3 Å². The SMILES string of the molecule is Cc1ccccc1-c1nnc(-c2ccc(C(=O)NCC(C)c3ccccc3)cc2)o1. The Balaban J connectivity index is 1.42. The van der Waals surface area contributed by atoms with Gasteiger partial charge in [0.1, 0.15) is 0 Å². The Morgan fingerprint density at radius 2 is 1.57 bits per heavy atom. The van der Waals surface area contributed by atoms with Gasteiger partial charge in [-0.1, -0.05) is 55.5 Å². The molecule has 0 bridgehead atoms. The van der Waals surface area contributed by atoms with Gasteiger partial charge in [-0.3, -0.25) is 4.79 Å². The van der Waals surface area contributed by atoms with Gasteiger partial charge >= 0.3 is 0 Å². The third-order valence-electron chi connectivity index (χ3n) is 5.13. The van der Waals surface area contributed by atoms with Crippen molar-refractivity contribution in [3.8, 4) is 22.9 Å². The summed E-state index contributed by atoms with van der Waals surface area (Å²) < 4.78 is 5.84. The zero-order valence-electron chi connectivity index (χ0n) is 17.0. The van der Waals surface area contributed by atoms with E-state index in [0.717, 1.165) is 16.7 Å². The summed E-state index contributed by atoms with van der Waals surface area (Å²) in [6.45, 7) is 4.68. The molecule has 0 radical (unpaired) electrons. The summed E-state index contributed by atoms with van der Waals surface area (Å²) in [7, 11) is 0. The standard InChI is InChI=1S/C25H23N3O2/c1-17-8-6-7-11-22(17)25-28-27-24(30-25)21-14-12-20(13-15-21)23(29)26-16-18(2)19-9-4-3-5-10-19/h3-15,18H,16H2,1-2H3,(H,26,29). The minimum atomic E-state index is -0.101. The van der Waals surface area contributed by atoms with E-state index in [9.17, 15) is 4.79 Å². The summed E-state index contributed by atoms with van der Waals surface area (Å²) in [5.41, 5.74) is 4.56. The minimum absolute atomic E-state index is 0.101. The number of rotatable bonds is 6. The fourth-order valence-electron chi connectivity index (χ4n) is 3.27. The van der Waals surface area contributed by atoms with Gasteiger partial charge in [0.15, 0.2) is 0 Å². The Morgan fingerprint density at radius 3 is 2.30 bits per heavy atom. The van der Waals surface area contributed by atoms with E-state index in [4.69, 9.17) is 4.42 Å². The van der Waals surface area contributed by atoms with Crippen molar-refractivity contribution in [1.29, 1.82) is 0 Å². The number of aryl methyl sites for hydroxylation is 1. The highest BCUT2D eigenvalue weighted by molar-refractivity contribution is 5.94. The molecule has 0 aliphatic rings. The lowest BCUT2D eigenvalue weighted by Gasteiger charge is -2.13. The average molecular weight is 397 g/mol. The van der Waals surface area contributed by atoms with Crippen molar-refractivity contribution >= 4 is 5.91 Å². The molecule has 0 saturated heterocycles. The van der Waals surface area contributed by atoms with Crippen molar-refractivity contribution in [1.82, 2.24) is 15.5 Å². The number of hydrogen-bond acceptors (Lipinski definition) is 4. The van der Waals surface area contributed by atoms with E-state index in [2.05, 4.69) is 34.6 Å². The van der Waals surface area contributed by atoms with E-state index in [1.807, 2.05) is 61.5 Å². The number of aromatic nitrogens is 2. The summed E-state index contributed by atoms with van der Waals surface area (Å²) in [5.74, 6) is 1.06. The number of carbonyl (C=O) groups excluding carboxylic acids is 1. The van der Waals surface area contributed by atoms with Crippen molar-refractivity contribution in [3.05, 3.63) is 95.6 Å². The molecule has 4 rings (SSSR count). The van der Waals surface area contributed by atoms with Gasteiger partial charge in [-0.25, -0.2) is 0 Å². The van der Waals surface area contributed by atoms with Crippen LogP contribution >= 0.6 is 0 Å². The summed E-state index contributed by atoms with van der Waals surface area (Å²) in [6, 6.07) is 25.2. The second-order valence-electron chi connectivity index (χ2n) is 7.33. The van der Waals surface area contributed by atoms with Crippen molar-refractivity contribution in [2.75, 3.05) is 6.54 Å². The zero-order chi connectivity index (χ0) is 20.9. The fourth-order valence-corrected chi connectivity index (χ4v) is 3.27. The van der Waals surface area contributed by atoms with Crippen molar-refractivity contribution in [3.63, 3.8) is 0 Å². The van der Waals surface area contributed by atoms with E-state index in [1.54, 1.807) is 12.1 Å². The van der Waals surface area contributed by atoms with Crippen molar-refractivity contribution in [2.45, 2.75) is 19.8 Å². The number of hydrogen-bond donors (Lipinski definition) is 1. The normalized spacial score (nSPS) is 11.8. The second-order valence-corrected chi connectivity index (χ2v) is 7.33. The lowest BCUT2D eigenvalue weighted by atomic mass is 10.0. The Labute approximate surface area is 175 Å². The number of nitrogens with zero attached hydrogens (tertiary/aromatic N) is 2. The van der Waals surface area contributed by atoms with E-state index < -0.39 is 0 Å². The molecule has 3 aromatic carbocycles. The molecule has 0 saturated carbocycles. The van der Waals surface area contributed by atoms with Crippen LogP contribution < -0.4 is 5.32 Å². The highest BCUT2D eigenvalue weighted by Crippen LogP contribution is 2.26. The van der Waals surface area contributed by atoms with E-state index in [1.165, 1.54) is 5.56 Å². The minimum Gasteiger partial charge on any atom is -0.416 e. The van der Waals surface area contributed by atoms with Crippen LogP contribution in [0, 0.1) is 6.92 Å². The maximum absolute atomic E-state index is 12.5. The Hall–Kier alpha value is -3.73. The highest BCUT2D eigenvalue weighted by Gasteiger charge is 2.13. The summed E-state index contributed by atoms with van der Waals surface area (Å²) in [5, 5.41) is 11.3. The molecule has 0 fully saturated rings. The first-order valence-electron chi connectivity index (χ1n) is 9.95. The largest absolute Gasteiger partial charge is 0.416 e. The molecule has 1 amide bonds. The molecule has 30 heavy (non-hydrogen) atoms. The van der Waals surface area contributed by atoms with Crippen LogP contribution in [0.5, 0.6) is 0 Å². The molecule has 0 aliphatic heterocycles. The second kappa shape index (κ2) is 8.74. The van der Waals surface area contributed by atoms with Crippen LogP contribution in [-0.2, 0) is 0 Å². The van der Waals surface area contributed by atoms with Crippen LogP contribution in [0.1, 0.15) is 34.3 Å². The van der Waals surface area contributed by atoms with Crippen LogP contribution in [-0.4, -0.2) is 22.6 Å². The number of carbonyl (C=O) groups is 1. The zero-order valence-corrected chi connectivity index (χ0v) is 17.0. The van der Waals surface area contributed by atoms with Gasteiger partial charge in [0.2, 0.25) is 11.8 Å². The number of amides is 1. The van der Waals surface area contributed by atoms with E-state index in [0.29, 0.717) is 23.9 Å². The lowest BCUT2D eigenvalue weighted by molar-refractivity contribution is 0.0951. The van der Waals surface area contributed by atoms with Crippen LogP contribution in [0.25, 0.3) is 22.9 Å². The fraction of sp³-hybridized carbons (Fsp3) is 0.160. The van der Waals surface area contributed by atoms with E-state index >= 15 is 0 Å². The van der Waals surface area contributed by atoms with E-state index in [-0.39, 0.29) is 11.8 Å². The topological polar surface area (TPSA) is 68.0 Å². The Bertz CT molecular complexity index is 1130. The Morgan fingerprint density at radius 1 is 0.900 bits per heavy atom. The van der Waals surface area contributed by atoms with Crippen molar-refractivity contribution in [2.24, 2.45) is 0 Å². The average Bonchev–Trinajstić information content (AvgIpc) is 3.28. The molecular formula is C25H23N3O2. The van der Waals surface area contributed by atoms with Gasteiger partial charge in [0, 0.05) is 23.2 Å². The van der Waals surface area contributed by atoms with Crippen LogP contribution in [0.3, 0.4) is 0 Å². The molecule has 0 spiro atoms. The molecule has 0 aliphatic carbocycles. The predicted molar refractivity (Wildman–Crippen MR) is 117 cm³/mol. The summed E-state index contributed by atoms with van der Waals surface area (Å²) in [4.78, 5) is 12.5. The van der Waals surface area contributed by atoms with Crippen LogP contribution in [0.4, 0.5) is 0 Å². The van der Waals surface area contributed by atoms with Gasteiger partial charge in [0.25, 0.3) is 5.91 Å². The molecule has 5 heteroatoms. The third-order valence-corrected chi connectivity index (χ3v) is 5.13. The molecule has 4 aromatic rings. The maximum atomic E-state index is 12.5. The Kier molecular flexibility index (Phi) is 5.70. The molecule has 1 atom stereocenters. The molecule has 1 unspecified atom stereocenters. The number of nitrogens with one attached hydrogen (secondary N) is 1. The number of benzene rings is 3. The quantitative estimate of drug-likeness (QED) is 0.483. The maximum Gasteiger partial charge on any atom is 0.251 e.